The summed E-state index contributed by atoms with van der Waals surface area (Å²) < 4.78 is 12.0. The van der Waals surface area contributed by atoms with E-state index < -0.39 is 134 Å². The SMILES string of the molecule is CCOC(=O)Cn1c(=O)c(=O)n(C[C@H](O)[C@H](O)[C@H](O)CO)c2cc(C)c(C)cc21.Cc1cc2c(cc1C)n(C[C@H](O)[C@H](O)[C@H](O)CO)c(=O)c(=O)n2CCC(C)C.Cc1cc2c(cc1C)n(C[C@H](O)[C@H](O)[C@H](O)CO)c(=O)c(=O)n2Cc1ccccc1. The van der Waals surface area contributed by atoms with E-state index in [1.807, 2.05) is 84.0 Å². The van der Waals surface area contributed by atoms with Crippen molar-refractivity contribution in [1.29, 1.82) is 0 Å². The number of aryl methyl sites for hydroxylation is 7. The number of esters is 1. The molecular formula is C61H82N6O20. The van der Waals surface area contributed by atoms with Gasteiger partial charge in [0, 0.05) is 6.54 Å². The van der Waals surface area contributed by atoms with Crippen LogP contribution in [0, 0.1) is 47.5 Å². The Morgan fingerprint density at radius 3 is 1.03 bits per heavy atom. The number of rotatable bonds is 23. The van der Waals surface area contributed by atoms with Crippen molar-refractivity contribution in [3.05, 3.63) is 168 Å². The van der Waals surface area contributed by atoms with E-state index in [1.165, 1.54) is 9.13 Å². The van der Waals surface area contributed by atoms with E-state index >= 15 is 0 Å². The van der Waals surface area contributed by atoms with Gasteiger partial charge in [-0.25, -0.2) is 0 Å². The summed E-state index contributed by atoms with van der Waals surface area (Å²) in [6.45, 7) is 13.6. The van der Waals surface area contributed by atoms with Gasteiger partial charge in [-0.3, -0.25) is 56.4 Å². The second kappa shape index (κ2) is 31.0. The van der Waals surface area contributed by atoms with E-state index in [4.69, 9.17) is 20.1 Å². The standard InChI is InChI=1S/C22H26N2O6.C20H30N2O6.C19H26N2O8/c1-13-8-16-17(9-14(13)2)24(11-18(26)20(28)19(27)12-25)22(30)21(29)23(16)10-15-6-4-3-5-7-15;1-11(2)5-6-21-14-7-12(3)13(4)8-15(14)22(20(28)19(21)27)9-16(24)18(26)17(25)10-23;1-4-29-16(25)8-21-13-6-11(3)10(2)5-12(13)20(18(27)19(21)28)7-14(23)17(26)15(24)9-22/h3-9,18-20,25-28H,10-12H2,1-2H3;7-8,11,16-18,23-26H,5-6,9-10H2,1-4H3;5-6,14-15,17,22-24,26H,4,7-9H2,1-3H3/t18-,19+,20-;16-,17+,18-;14-,15+,17-/m000/s1. The molecular weight excluding hydrogens is 1140 g/mol. The number of fused-ring (bicyclic) bond motifs is 3. The van der Waals surface area contributed by atoms with Crippen molar-refractivity contribution in [2.24, 2.45) is 5.92 Å². The molecule has 9 atom stereocenters. The number of benzene rings is 4. The fraction of sp³-hybridized carbons (Fsp3) is 0.492. The summed E-state index contributed by atoms with van der Waals surface area (Å²) in [5.41, 5.74) is 3.68. The summed E-state index contributed by atoms with van der Waals surface area (Å²) in [5.74, 6) is -0.319. The number of aliphatic hydroxyl groups excluding tert-OH is 12. The van der Waals surface area contributed by atoms with Crippen molar-refractivity contribution in [3.63, 3.8) is 0 Å². The fourth-order valence-electron chi connectivity index (χ4n) is 9.55. The van der Waals surface area contributed by atoms with E-state index in [-0.39, 0.29) is 30.7 Å². The number of aliphatic hydroxyl groups is 12. The van der Waals surface area contributed by atoms with Gasteiger partial charge in [0.2, 0.25) is 0 Å². The van der Waals surface area contributed by atoms with Gasteiger partial charge in [0.25, 0.3) is 0 Å². The largest absolute Gasteiger partial charge is 0.465 e. The first-order chi connectivity index (χ1) is 40.9. The first-order valence-corrected chi connectivity index (χ1v) is 28.3. The highest BCUT2D eigenvalue weighted by Crippen LogP contribution is 2.23. The maximum atomic E-state index is 12.9. The monoisotopic (exact) mass is 1220 g/mol. The number of aromatic nitrogens is 6. The van der Waals surface area contributed by atoms with Crippen LogP contribution in [-0.2, 0) is 48.8 Å². The second-order valence-electron chi connectivity index (χ2n) is 22.2. The summed E-state index contributed by atoms with van der Waals surface area (Å²) in [6.07, 6.45) is -13.8. The molecule has 0 amide bonds. The lowest BCUT2D eigenvalue weighted by atomic mass is 10.1. The number of carbonyl (C=O) groups is 1. The quantitative estimate of drug-likeness (QED) is 0.0249. The van der Waals surface area contributed by atoms with Crippen LogP contribution in [0.1, 0.15) is 66.1 Å². The lowest BCUT2D eigenvalue weighted by Gasteiger charge is -2.24. The molecule has 0 bridgehead atoms. The summed E-state index contributed by atoms with van der Waals surface area (Å²) in [5, 5.41) is 116. The molecule has 4 aromatic carbocycles. The highest BCUT2D eigenvalue weighted by atomic mass is 16.5. The smallest absolute Gasteiger partial charge is 0.326 e. The normalized spacial score (nSPS) is 14.8. The van der Waals surface area contributed by atoms with Crippen LogP contribution >= 0.6 is 0 Å². The van der Waals surface area contributed by atoms with Gasteiger partial charge in [-0.15, -0.1) is 0 Å². The predicted octanol–water partition coefficient (Wildman–Crippen LogP) is -1.78. The van der Waals surface area contributed by atoms with Gasteiger partial charge in [0.15, 0.2) is 0 Å². The van der Waals surface area contributed by atoms with Gasteiger partial charge in [-0.1, -0.05) is 44.2 Å². The molecule has 476 valence electrons. The van der Waals surface area contributed by atoms with Gasteiger partial charge in [-0.05, 0) is 136 Å². The molecule has 0 aliphatic carbocycles. The molecule has 0 spiro atoms. The van der Waals surface area contributed by atoms with Crippen LogP contribution in [0.3, 0.4) is 0 Å². The molecule has 0 saturated heterocycles. The predicted molar refractivity (Wildman–Crippen MR) is 323 cm³/mol. The van der Waals surface area contributed by atoms with Crippen molar-refractivity contribution in [2.45, 2.75) is 163 Å². The zero-order chi connectivity index (χ0) is 65.0. The minimum atomic E-state index is -1.73. The van der Waals surface area contributed by atoms with E-state index in [1.54, 1.807) is 45.0 Å². The topological polar surface area (TPSA) is 401 Å². The Hall–Kier alpha value is -7.31. The Labute approximate surface area is 498 Å². The van der Waals surface area contributed by atoms with E-state index in [9.17, 15) is 79.5 Å². The minimum absolute atomic E-state index is 0.123. The maximum absolute atomic E-state index is 12.9. The number of hydrogen-bond acceptors (Lipinski definition) is 20. The van der Waals surface area contributed by atoms with Crippen LogP contribution < -0.4 is 33.4 Å². The zero-order valence-corrected chi connectivity index (χ0v) is 50.2. The zero-order valence-electron chi connectivity index (χ0n) is 50.2. The molecule has 0 radical (unpaired) electrons. The van der Waals surface area contributed by atoms with Gasteiger partial charge in [0.05, 0.1) is 85.7 Å². The van der Waals surface area contributed by atoms with E-state index in [0.717, 1.165) is 63.6 Å². The van der Waals surface area contributed by atoms with Crippen molar-refractivity contribution in [2.75, 3.05) is 26.4 Å². The Morgan fingerprint density at radius 2 is 0.713 bits per heavy atom. The molecule has 87 heavy (non-hydrogen) atoms. The fourth-order valence-corrected chi connectivity index (χ4v) is 9.55. The van der Waals surface area contributed by atoms with Gasteiger partial charge >= 0.3 is 39.3 Å². The van der Waals surface area contributed by atoms with Crippen LogP contribution in [-0.4, -0.2) is 176 Å². The molecule has 3 aromatic heterocycles. The molecule has 26 heteroatoms. The van der Waals surface area contributed by atoms with Crippen LogP contribution in [0.15, 0.2) is 95.5 Å². The molecule has 3 heterocycles. The van der Waals surface area contributed by atoms with E-state index in [2.05, 4.69) is 0 Å². The highest BCUT2D eigenvalue weighted by molar-refractivity contribution is 5.80. The van der Waals surface area contributed by atoms with Gasteiger partial charge in [-0.2, -0.15) is 0 Å². The third kappa shape index (κ3) is 16.7. The molecule has 26 nitrogen and oxygen atoms in total. The van der Waals surface area contributed by atoms with Crippen molar-refractivity contribution < 1.29 is 70.8 Å². The van der Waals surface area contributed by atoms with Crippen LogP contribution in [0.5, 0.6) is 0 Å². The Bertz CT molecular complexity index is 3900. The molecule has 0 aliphatic rings. The van der Waals surface area contributed by atoms with Gasteiger partial charge in [0.1, 0.15) is 61.5 Å². The van der Waals surface area contributed by atoms with Crippen LogP contribution in [0.4, 0.5) is 0 Å². The molecule has 12 N–H and O–H groups in total. The average molecular weight is 1220 g/mol. The Morgan fingerprint density at radius 1 is 0.425 bits per heavy atom. The molecule has 7 rings (SSSR count). The van der Waals surface area contributed by atoms with Crippen molar-refractivity contribution >= 4 is 39.1 Å². The first-order valence-electron chi connectivity index (χ1n) is 28.3. The average Bonchev–Trinajstić information content (AvgIpc) is 0.861. The Balaban J connectivity index is 0.000000238. The van der Waals surface area contributed by atoms with Crippen LogP contribution in [0.2, 0.25) is 0 Å². The third-order valence-electron chi connectivity index (χ3n) is 15.3. The number of hydrogen-bond donors (Lipinski definition) is 12. The Kier molecular flexibility index (Phi) is 25.1. The number of ether oxygens (including phenoxy) is 1. The lowest BCUT2D eigenvalue weighted by molar-refractivity contribution is -0.143. The highest BCUT2D eigenvalue weighted by Gasteiger charge is 2.30. The van der Waals surface area contributed by atoms with Crippen molar-refractivity contribution in [1.82, 2.24) is 27.4 Å². The molecule has 7 aromatic rings. The third-order valence-corrected chi connectivity index (χ3v) is 15.3. The summed E-state index contributed by atoms with van der Waals surface area (Å²) >= 11 is 0. The summed E-state index contributed by atoms with van der Waals surface area (Å²) in [4.78, 5) is 88.7. The lowest BCUT2D eigenvalue weighted by Crippen LogP contribution is -2.47. The summed E-state index contributed by atoms with van der Waals surface area (Å²) in [7, 11) is 0. The number of nitrogens with zero attached hydrogens (tertiary/aromatic N) is 6. The summed E-state index contributed by atoms with van der Waals surface area (Å²) in [6, 6.07) is 19.8. The van der Waals surface area contributed by atoms with Crippen LogP contribution in [0.25, 0.3) is 33.1 Å². The second-order valence-corrected chi connectivity index (χ2v) is 22.2. The first kappa shape index (κ1) is 70.5. The molecule has 0 aliphatic heterocycles. The van der Waals surface area contributed by atoms with Gasteiger partial charge < -0.3 is 70.6 Å². The van der Waals surface area contributed by atoms with E-state index in [0.29, 0.717) is 34.5 Å². The number of carbonyl (C=O) groups excluding carboxylic acids is 1. The molecule has 0 unspecified atom stereocenters. The molecule has 0 fully saturated rings. The molecule has 0 saturated carbocycles. The minimum Gasteiger partial charge on any atom is -0.465 e. The maximum Gasteiger partial charge on any atom is 0.326 e. The van der Waals surface area contributed by atoms with Crippen molar-refractivity contribution in [3.8, 4) is 0 Å².